The SMILES string of the molecule is CCC1COc2c(OC)c(F)cc3c(=O)c(CN(Cc4ccnc(OC)c4)[C@H]4CCCN(c5ccc([N+](=O)[O-])nc5)C4)cn1c23. The lowest BCUT2D eigenvalue weighted by atomic mass is 10.0. The van der Waals surface area contributed by atoms with Crippen molar-refractivity contribution in [2.45, 2.75) is 51.4 Å². The highest BCUT2D eigenvalue weighted by molar-refractivity contribution is 5.89. The predicted molar refractivity (Wildman–Crippen MR) is 166 cm³/mol. The Kier molecular flexibility index (Phi) is 8.52. The Hall–Kier alpha value is -4.78. The van der Waals surface area contributed by atoms with Crippen molar-refractivity contribution in [1.82, 2.24) is 19.4 Å². The lowest BCUT2D eigenvalue weighted by molar-refractivity contribution is -0.389. The highest BCUT2D eigenvalue weighted by atomic mass is 19.1. The fourth-order valence-corrected chi connectivity index (χ4v) is 6.38. The highest BCUT2D eigenvalue weighted by Crippen LogP contribution is 2.42. The van der Waals surface area contributed by atoms with Crippen LogP contribution in [0.4, 0.5) is 15.9 Å². The first-order chi connectivity index (χ1) is 21.8. The molecule has 0 spiro atoms. The molecule has 1 fully saturated rings. The van der Waals surface area contributed by atoms with Crippen LogP contribution in [0.25, 0.3) is 10.9 Å². The van der Waals surface area contributed by atoms with E-state index in [0.29, 0.717) is 43.2 Å². The van der Waals surface area contributed by atoms with E-state index >= 15 is 4.39 Å². The molecule has 0 amide bonds. The van der Waals surface area contributed by atoms with E-state index in [-0.39, 0.29) is 40.2 Å². The van der Waals surface area contributed by atoms with Crippen LogP contribution in [0.5, 0.6) is 17.4 Å². The summed E-state index contributed by atoms with van der Waals surface area (Å²) in [6.07, 6.45) is 7.64. The van der Waals surface area contributed by atoms with Crippen LogP contribution in [-0.4, -0.2) is 64.3 Å². The topological polar surface area (TPSA) is 125 Å². The number of ether oxygens (including phenoxy) is 3. The molecule has 3 aromatic heterocycles. The third-order valence-electron chi connectivity index (χ3n) is 8.71. The standard InChI is InChI=1S/C32H35FN6O6/c1-4-22-19-45-32-29-25(13-26(33)31(32)44-3)30(40)21(17-38(22)29)16-37(15-20-9-10-34-28(12-20)43-2)24-6-5-11-36(18-24)23-7-8-27(35-14-23)39(41)42/h7-10,12-14,17,22,24H,4-6,11,15-16,18-19H2,1-3H3/t22?,24-/m0/s1. The van der Waals surface area contributed by atoms with Gasteiger partial charge in [-0.15, -0.1) is 0 Å². The zero-order chi connectivity index (χ0) is 31.7. The van der Waals surface area contributed by atoms with Crippen molar-refractivity contribution in [3.05, 3.63) is 86.2 Å². The lowest BCUT2D eigenvalue weighted by Crippen LogP contribution is -2.48. The molecule has 236 valence electrons. The second-order valence-electron chi connectivity index (χ2n) is 11.4. The number of benzene rings is 1. The largest absolute Gasteiger partial charge is 0.490 e. The number of anilines is 1. The van der Waals surface area contributed by atoms with E-state index < -0.39 is 10.7 Å². The van der Waals surface area contributed by atoms with Crippen LogP contribution in [0, 0.1) is 15.9 Å². The van der Waals surface area contributed by atoms with Crippen LogP contribution in [0.1, 0.15) is 43.4 Å². The summed E-state index contributed by atoms with van der Waals surface area (Å²) in [5.74, 6) is -0.103. The maximum absolute atomic E-state index is 15.2. The van der Waals surface area contributed by atoms with Gasteiger partial charge in [0.25, 0.3) is 0 Å². The summed E-state index contributed by atoms with van der Waals surface area (Å²) in [6.45, 7) is 4.62. The van der Waals surface area contributed by atoms with Gasteiger partial charge in [-0.2, -0.15) is 0 Å². The van der Waals surface area contributed by atoms with E-state index in [9.17, 15) is 14.9 Å². The predicted octanol–water partition coefficient (Wildman–Crippen LogP) is 4.87. The number of hydrogen-bond donors (Lipinski definition) is 0. The first-order valence-electron chi connectivity index (χ1n) is 15.0. The van der Waals surface area contributed by atoms with E-state index in [1.807, 2.05) is 22.9 Å². The number of methoxy groups -OCH3 is 2. The molecule has 1 saturated heterocycles. The maximum Gasteiger partial charge on any atom is 0.363 e. The second kappa shape index (κ2) is 12.7. The molecule has 0 N–H and O–H groups in total. The zero-order valence-electron chi connectivity index (χ0n) is 25.4. The molecule has 2 aliphatic heterocycles. The van der Waals surface area contributed by atoms with Gasteiger partial charge >= 0.3 is 5.82 Å². The van der Waals surface area contributed by atoms with Crippen LogP contribution < -0.4 is 24.5 Å². The van der Waals surface area contributed by atoms with Crippen molar-refractivity contribution in [2.75, 3.05) is 38.8 Å². The van der Waals surface area contributed by atoms with Crippen LogP contribution in [0.3, 0.4) is 0 Å². The van der Waals surface area contributed by atoms with Crippen molar-refractivity contribution in [1.29, 1.82) is 0 Å². The average molecular weight is 619 g/mol. The summed E-state index contributed by atoms with van der Waals surface area (Å²) in [6, 6.07) is 8.18. The molecule has 0 radical (unpaired) electrons. The van der Waals surface area contributed by atoms with Crippen molar-refractivity contribution in [3.8, 4) is 17.4 Å². The Morgan fingerprint density at radius 3 is 2.73 bits per heavy atom. The number of piperidine rings is 1. The first kappa shape index (κ1) is 30.3. The molecule has 2 aliphatic rings. The summed E-state index contributed by atoms with van der Waals surface area (Å²) >= 11 is 0. The molecule has 5 heterocycles. The van der Waals surface area contributed by atoms with Crippen LogP contribution in [-0.2, 0) is 13.1 Å². The normalized spacial score (nSPS) is 17.8. The number of nitrogens with zero attached hydrogens (tertiary/aromatic N) is 6. The molecule has 45 heavy (non-hydrogen) atoms. The molecule has 0 saturated carbocycles. The minimum Gasteiger partial charge on any atom is -0.490 e. The molecule has 1 aromatic carbocycles. The van der Waals surface area contributed by atoms with Crippen molar-refractivity contribution in [3.63, 3.8) is 0 Å². The summed E-state index contributed by atoms with van der Waals surface area (Å²) in [4.78, 5) is 37.4. The van der Waals surface area contributed by atoms with E-state index in [4.69, 9.17) is 14.2 Å². The Balaban J connectivity index is 1.39. The number of pyridine rings is 3. The fourth-order valence-electron chi connectivity index (χ4n) is 6.38. The summed E-state index contributed by atoms with van der Waals surface area (Å²) in [5, 5.41) is 11.4. The quantitative estimate of drug-likeness (QED) is 0.180. The van der Waals surface area contributed by atoms with E-state index in [2.05, 4.69) is 26.7 Å². The van der Waals surface area contributed by atoms with E-state index in [0.717, 1.165) is 37.1 Å². The van der Waals surface area contributed by atoms with Gasteiger partial charge in [0.15, 0.2) is 28.9 Å². The van der Waals surface area contributed by atoms with Gasteiger partial charge in [-0.1, -0.05) is 6.92 Å². The van der Waals surface area contributed by atoms with Crippen LogP contribution in [0.15, 0.2) is 53.7 Å². The molecule has 4 aromatic rings. The van der Waals surface area contributed by atoms with Gasteiger partial charge in [0, 0.05) is 62.3 Å². The van der Waals surface area contributed by atoms with Gasteiger partial charge in [-0.05, 0) is 52.9 Å². The molecule has 0 aliphatic carbocycles. The molecule has 13 heteroatoms. The minimum absolute atomic E-state index is 0.00533. The van der Waals surface area contributed by atoms with Gasteiger partial charge < -0.3 is 33.8 Å². The maximum atomic E-state index is 15.2. The molecular weight excluding hydrogens is 583 g/mol. The van der Waals surface area contributed by atoms with Crippen molar-refractivity contribution >= 4 is 22.4 Å². The second-order valence-corrected chi connectivity index (χ2v) is 11.4. The third-order valence-corrected chi connectivity index (χ3v) is 8.71. The molecule has 0 bridgehead atoms. The van der Waals surface area contributed by atoms with Crippen LogP contribution >= 0.6 is 0 Å². The number of nitro groups is 1. The van der Waals surface area contributed by atoms with Crippen molar-refractivity contribution < 1.29 is 23.5 Å². The van der Waals surface area contributed by atoms with Gasteiger partial charge in [-0.3, -0.25) is 9.69 Å². The van der Waals surface area contributed by atoms with Gasteiger partial charge in [0.05, 0.1) is 36.9 Å². The van der Waals surface area contributed by atoms with Crippen molar-refractivity contribution in [2.24, 2.45) is 0 Å². The third kappa shape index (κ3) is 5.87. The molecule has 12 nitrogen and oxygen atoms in total. The zero-order valence-corrected chi connectivity index (χ0v) is 25.4. The molecule has 6 rings (SSSR count). The highest BCUT2D eigenvalue weighted by Gasteiger charge is 2.31. The fraction of sp³-hybridized carbons (Fsp3) is 0.406. The number of aromatic nitrogens is 3. The van der Waals surface area contributed by atoms with Gasteiger partial charge in [-0.25, -0.2) is 9.37 Å². The Bertz CT molecular complexity index is 1780. The van der Waals surface area contributed by atoms with E-state index in [1.165, 1.54) is 25.4 Å². The Morgan fingerprint density at radius 1 is 1.18 bits per heavy atom. The number of halogens is 1. The first-order valence-corrected chi connectivity index (χ1v) is 15.0. The molecule has 2 atom stereocenters. The number of rotatable bonds is 10. The number of hydrogen-bond acceptors (Lipinski definition) is 10. The molecule has 1 unspecified atom stereocenters. The van der Waals surface area contributed by atoms with Crippen LogP contribution in [0.2, 0.25) is 0 Å². The van der Waals surface area contributed by atoms with Gasteiger partial charge in [0.1, 0.15) is 6.61 Å². The summed E-state index contributed by atoms with van der Waals surface area (Å²) in [7, 11) is 2.96. The smallest absolute Gasteiger partial charge is 0.363 e. The minimum atomic E-state index is -0.642. The van der Waals surface area contributed by atoms with E-state index in [1.54, 1.807) is 19.4 Å². The Morgan fingerprint density at radius 2 is 2.02 bits per heavy atom. The summed E-state index contributed by atoms with van der Waals surface area (Å²) in [5.41, 5.74) is 2.60. The lowest BCUT2D eigenvalue weighted by Gasteiger charge is -2.40. The summed E-state index contributed by atoms with van der Waals surface area (Å²) < 4.78 is 33.8. The van der Waals surface area contributed by atoms with Gasteiger partial charge in [0.2, 0.25) is 5.88 Å². The Labute approximate surface area is 259 Å². The average Bonchev–Trinajstić information content (AvgIpc) is 3.06. The molecular formula is C32H35FN6O6. The monoisotopic (exact) mass is 618 g/mol.